The minimum Gasteiger partial charge on any atom is -0.382 e. The molecule has 58 valence electrons. The number of hydrazone groups is 1. The molecule has 3 N–H and O–H groups in total. The van der Waals surface area contributed by atoms with Crippen LogP contribution in [0.5, 0.6) is 0 Å². The number of rotatable bonds is 0. The lowest BCUT2D eigenvalue weighted by Crippen LogP contribution is -2.42. The minimum absolute atomic E-state index is 0.104. The Balaban J connectivity index is 2.35. The zero-order chi connectivity index (χ0) is 7.84. The first kappa shape index (κ1) is 6.29. The molecule has 2 rings (SSSR count). The Morgan fingerprint density at radius 3 is 3.27 bits per heavy atom. The molecule has 0 aromatic carbocycles. The summed E-state index contributed by atoms with van der Waals surface area (Å²) in [6.07, 6.45) is 1.34. The number of nitrogens with two attached hydrogens (primary N) is 1. The van der Waals surface area contributed by atoms with Gasteiger partial charge in [0.1, 0.15) is 12.1 Å². The highest BCUT2D eigenvalue weighted by molar-refractivity contribution is 6.44. The zero-order valence-electron chi connectivity index (χ0n) is 6.02. The first-order valence-electron chi connectivity index (χ1n) is 3.20. The van der Waals surface area contributed by atoms with E-state index in [1.54, 1.807) is 5.01 Å². The van der Waals surface area contributed by atoms with Crippen LogP contribution >= 0.6 is 0 Å². The number of amidine groups is 1. The summed E-state index contributed by atoms with van der Waals surface area (Å²) in [5, 5.41) is 5.70. The molecule has 2 aliphatic heterocycles. The second-order valence-corrected chi connectivity index (χ2v) is 2.36. The van der Waals surface area contributed by atoms with Crippen molar-refractivity contribution in [2.24, 2.45) is 20.8 Å². The van der Waals surface area contributed by atoms with Crippen molar-refractivity contribution in [1.82, 2.24) is 10.5 Å². The number of hydrogen-bond donors (Lipinski definition) is 2. The van der Waals surface area contributed by atoms with Gasteiger partial charge in [-0.25, -0.2) is 15.5 Å². The molecule has 6 heteroatoms. The lowest BCUT2D eigenvalue weighted by Gasteiger charge is -2.16. The van der Waals surface area contributed by atoms with Gasteiger partial charge in [-0.1, -0.05) is 0 Å². The van der Waals surface area contributed by atoms with E-state index in [1.165, 1.54) is 6.34 Å². The van der Waals surface area contributed by atoms with Crippen molar-refractivity contribution >= 4 is 17.9 Å². The molecule has 0 radical (unpaired) electrons. The van der Waals surface area contributed by atoms with E-state index >= 15 is 0 Å². The molecule has 0 saturated heterocycles. The fourth-order valence-electron chi connectivity index (χ4n) is 1.01. The summed E-state index contributed by atoms with van der Waals surface area (Å²) in [5.74, 6) is 0.432. The van der Waals surface area contributed by atoms with Crippen LogP contribution in [0.25, 0.3) is 0 Å². The average Bonchev–Trinajstić information content (AvgIpc) is 2.35. The summed E-state index contributed by atoms with van der Waals surface area (Å²) in [4.78, 5) is 7.88. The van der Waals surface area contributed by atoms with Crippen molar-refractivity contribution in [1.29, 1.82) is 0 Å². The molecule has 11 heavy (non-hydrogen) atoms. The van der Waals surface area contributed by atoms with E-state index in [-0.39, 0.29) is 6.17 Å². The maximum absolute atomic E-state index is 5.54. The molecule has 6 nitrogen and oxygen atoms in total. The largest absolute Gasteiger partial charge is 0.382 e. The maximum atomic E-state index is 5.54. The van der Waals surface area contributed by atoms with Gasteiger partial charge in [-0.05, 0) is 0 Å². The number of hydrogen-bond acceptors (Lipinski definition) is 6. The van der Waals surface area contributed by atoms with Gasteiger partial charge in [0.15, 0.2) is 12.0 Å². The Bertz CT molecular complexity index is 264. The van der Waals surface area contributed by atoms with Crippen molar-refractivity contribution in [2.75, 3.05) is 7.05 Å². The lowest BCUT2D eigenvalue weighted by molar-refractivity contribution is 0.243. The zero-order valence-corrected chi connectivity index (χ0v) is 6.02. The highest BCUT2D eigenvalue weighted by Gasteiger charge is 2.29. The Hall–Kier alpha value is -1.43. The molecule has 0 saturated carbocycles. The number of aliphatic imine (C=N–C) groups is 2. The standard InChI is InChI=1S/C5H8N6/c1-11-5-3(9-10-11)4(6)7-2-8-5/h2,5,10H,1H3,(H2,6,7,8)/t5-/m1/s1. The van der Waals surface area contributed by atoms with Gasteiger partial charge in [-0.2, -0.15) is 10.1 Å². The van der Waals surface area contributed by atoms with E-state index < -0.39 is 0 Å². The van der Waals surface area contributed by atoms with Crippen molar-refractivity contribution in [3.05, 3.63) is 0 Å². The summed E-state index contributed by atoms with van der Waals surface area (Å²) in [6.45, 7) is 0. The third kappa shape index (κ3) is 0.795. The highest BCUT2D eigenvalue weighted by atomic mass is 15.7. The van der Waals surface area contributed by atoms with Gasteiger partial charge in [-0.15, -0.1) is 0 Å². The molecule has 0 fully saturated rings. The summed E-state index contributed by atoms with van der Waals surface area (Å²) >= 11 is 0. The number of hydrazine groups is 1. The Morgan fingerprint density at radius 1 is 1.73 bits per heavy atom. The normalized spacial score (nSPS) is 29.0. The first-order chi connectivity index (χ1) is 5.29. The van der Waals surface area contributed by atoms with E-state index in [2.05, 4.69) is 20.6 Å². The average molecular weight is 152 g/mol. The van der Waals surface area contributed by atoms with E-state index in [0.29, 0.717) is 11.5 Å². The third-order valence-electron chi connectivity index (χ3n) is 1.61. The lowest BCUT2D eigenvalue weighted by atomic mass is 10.2. The molecule has 0 bridgehead atoms. The third-order valence-corrected chi connectivity index (χ3v) is 1.61. The van der Waals surface area contributed by atoms with Crippen LogP contribution in [0.1, 0.15) is 0 Å². The highest BCUT2D eigenvalue weighted by Crippen LogP contribution is 2.07. The van der Waals surface area contributed by atoms with Crippen LogP contribution in [0.3, 0.4) is 0 Å². The number of nitrogens with one attached hydrogen (secondary N) is 1. The van der Waals surface area contributed by atoms with E-state index in [0.717, 1.165) is 0 Å². The summed E-state index contributed by atoms with van der Waals surface area (Å²) in [6, 6.07) is 0. The molecule has 2 heterocycles. The molecule has 0 aromatic rings. The molecule has 0 amide bonds. The number of fused-ring (bicyclic) bond motifs is 1. The molecular weight excluding hydrogens is 144 g/mol. The predicted molar refractivity (Wildman–Crippen MR) is 42.2 cm³/mol. The molecule has 2 aliphatic rings. The maximum Gasteiger partial charge on any atom is 0.169 e. The van der Waals surface area contributed by atoms with Crippen LogP contribution in [0.2, 0.25) is 0 Å². The SMILES string of the molecule is CN1NN=C2C(N)=NC=N[C@@H]21. The summed E-state index contributed by atoms with van der Waals surface area (Å²) in [5.41, 5.74) is 8.97. The molecule has 1 atom stereocenters. The van der Waals surface area contributed by atoms with Crippen molar-refractivity contribution in [3.63, 3.8) is 0 Å². The molecule has 0 aromatic heterocycles. The van der Waals surface area contributed by atoms with Gasteiger partial charge in [0.25, 0.3) is 0 Å². The quantitative estimate of drug-likeness (QED) is 0.444. The second kappa shape index (κ2) is 2.03. The van der Waals surface area contributed by atoms with Crippen LogP contribution in [0.15, 0.2) is 15.1 Å². The van der Waals surface area contributed by atoms with Crippen LogP contribution < -0.4 is 11.3 Å². The summed E-state index contributed by atoms with van der Waals surface area (Å²) in [7, 11) is 1.84. The molecule has 0 spiro atoms. The molecule has 0 unspecified atom stereocenters. The van der Waals surface area contributed by atoms with E-state index in [9.17, 15) is 0 Å². The smallest absolute Gasteiger partial charge is 0.169 e. The van der Waals surface area contributed by atoms with Gasteiger partial charge in [0.2, 0.25) is 0 Å². The van der Waals surface area contributed by atoms with Crippen molar-refractivity contribution < 1.29 is 0 Å². The number of nitrogens with zero attached hydrogens (tertiary/aromatic N) is 4. The van der Waals surface area contributed by atoms with Gasteiger partial charge in [-0.3, -0.25) is 0 Å². The van der Waals surface area contributed by atoms with Gasteiger partial charge < -0.3 is 5.73 Å². The topological polar surface area (TPSA) is 78.4 Å². The Kier molecular flexibility index (Phi) is 1.16. The second-order valence-electron chi connectivity index (χ2n) is 2.36. The molecular formula is C5H8N6. The van der Waals surface area contributed by atoms with Crippen molar-refractivity contribution in [2.45, 2.75) is 6.17 Å². The van der Waals surface area contributed by atoms with Crippen LogP contribution in [-0.4, -0.2) is 36.1 Å². The van der Waals surface area contributed by atoms with E-state index in [1.807, 2.05) is 7.05 Å². The summed E-state index contributed by atoms with van der Waals surface area (Å²) < 4.78 is 0. The fraction of sp³-hybridized carbons (Fsp3) is 0.400. The van der Waals surface area contributed by atoms with Gasteiger partial charge in [0, 0.05) is 7.05 Å². The fourth-order valence-corrected chi connectivity index (χ4v) is 1.01. The minimum atomic E-state index is -0.104. The van der Waals surface area contributed by atoms with E-state index in [4.69, 9.17) is 5.73 Å². The van der Waals surface area contributed by atoms with Crippen LogP contribution in [0, 0.1) is 0 Å². The monoisotopic (exact) mass is 152 g/mol. The van der Waals surface area contributed by atoms with Crippen molar-refractivity contribution in [3.8, 4) is 0 Å². The van der Waals surface area contributed by atoms with Gasteiger partial charge >= 0.3 is 0 Å². The van der Waals surface area contributed by atoms with Crippen LogP contribution in [-0.2, 0) is 0 Å². The Morgan fingerprint density at radius 2 is 2.55 bits per heavy atom. The predicted octanol–water partition coefficient (Wildman–Crippen LogP) is -1.48. The van der Waals surface area contributed by atoms with Crippen LogP contribution in [0.4, 0.5) is 0 Å². The first-order valence-corrected chi connectivity index (χ1v) is 3.20. The van der Waals surface area contributed by atoms with Gasteiger partial charge in [0.05, 0.1) is 0 Å². The Labute approximate surface area is 63.5 Å². The molecule has 0 aliphatic carbocycles.